The van der Waals surface area contributed by atoms with Crippen molar-refractivity contribution < 1.29 is 0 Å². The van der Waals surface area contributed by atoms with Crippen molar-refractivity contribution in [3.8, 4) is 0 Å². The molecule has 2 heteroatoms. The Hall–Kier alpha value is 0.310. The van der Waals surface area contributed by atoms with E-state index in [9.17, 15) is 0 Å². The standard InChI is InChI=1S/C10H19NS/c12-7-5-9-3-1-2-8-4-6-11-10(8)9/h8-12H,1-7H2. The van der Waals surface area contributed by atoms with Gasteiger partial charge in [-0.15, -0.1) is 0 Å². The molecule has 0 aromatic heterocycles. The third-order valence-corrected chi connectivity index (χ3v) is 3.82. The summed E-state index contributed by atoms with van der Waals surface area (Å²) in [6, 6.07) is 0.853. The first-order valence-corrected chi connectivity index (χ1v) is 5.89. The van der Waals surface area contributed by atoms with E-state index in [0.29, 0.717) is 0 Å². The van der Waals surface area contributed by atoms with Crippen molar-refractivity contribution in [3.05, 3.63) is 0 Å². The summed E-state index contributed by atoms with van der Waals surface area (Å²) in [7, 11) is 0. The van der Waals surface area contributed by atoms with Crippen LogP contribution in [0.2, 0.25) is 0 Å². The van der Waals surface area contributed by atoms with Gasteiger partial charge in [-0.1, -0.05) is 6.42 Å². The van der Waals surface area contributed by atoms with Crippen LogP contribution in [0.25, 0.3) is 0 Å². The summed E-state index contributed by atoms with van der Waals surface area (Å²) in [6.07, 6.45) is 7.11. The Balaban J connectivity index is 1.94. The third kappa shape index (κ3) is 1.64. The van der Waals surface area contributed by atoms with Crippen LogP contribution in [0.5, 0.6) is 0 Å². The highest BCUT2D eigenvalue weighted by Gasteiger charge is 2.35. The Morgan fingerprint density at radius 1 is 1.25 bits per heavy atom. The van der Waals surface area contributed by atoms with Crippen molar-refractivity contribution in [2.75, 3.05) is 12.3 Å². The second-order valence-corrected chi connectivity index (χ2v) is 4.68. The fourth-order valence-corrected chi connectivity index (χ4v) is 3.30. The lowest BCUT2D eigenvalue weighted by atomic mass is 9.77. The van der Waals surface area contributed by atoms with Crippen molar-refractivity contribution >= 4 is 12.6 Å². The van der Waals surface area contributed by atoms with E-state index in [-0.39, 0.29) is 0 Å². The van der Waals surface area contributed by atoms with Gasteiger partial charge in [-0.25, -0.2) is 0 Å². The van der Waals surface area contributed by atoms with Crippen molar-refractivity contribution in [2.24, 2.45) is 11.8 Å². The summed E-state index contributed by atoms with van der Waals surface area (Å²) in [5.41, 5.74) is 0. The molecule has 1 nitrogen and oxygen atoms in total. The molecule has 2 fully saturated rings. The molecule has 0 spiro atoms. The second-order valence-electron chi connectivity index (χ2n) is 4.23. The number of hydrogen-bond donors (Lipinski definition) is 2. The van der Waals surface area contributed by atoms with E-state index in [2.05, 4.69) is 17.9 Å². The van der Waals surface area contributed by atoms with Gasteiger partial charge >= 0.3 is 0 Å². The molecule has 2 aliphatic rings. The molecule has 1 heterocycles. The van der Waals surface area contributed by atoms with Crippen LogP contribution in [0.1, 0.15) is 32.1 Å². The number of rotatable bonds is 2. The van der Waals surface area contributed by atoms with E-state index in [0.717, 1.165) is 23.6 Å². The van der Waals surface area contributed by atoms with Crippen LogP contribution >= 0.6 is 12.6 Å². The minimum absolute atomic E-state index is 0.853. The summed E-state index contributed by atoms with van der Waals surface area (Å²) in [5.74, 6) is 3.00. The molecule has 0 aromatic carbocycles. The van der Waals surface area contributed by atoms with Crippen LogP contribution in [0.3, 0.4) is 0 Å². The van der Waals surface area contributed by atoms with Crippen molar-refractivity contribution in [1.82, 2.24) is 5.32 Å². The van der Waals surface area contributed by atoms with Crippen LogP contribution < -0.4 is 5.32 Å². The molecule has 70 valence electrons. The first kappa shape index (κ1) is 8.89. The molecule has 1 saturated heterocycles. The monoisotopic (exact) mass is 185 g/mol. The maximum Gasteiger partial charge on any atom is 0.0124 e. The predicted molar refractivity (Wildman–Crippen MR) is 55.7 cm³/mol. The quantitative estimate of drug-likeness (QED) is 0.628. The van der Waals surface area contributed by atoms with Crippen LogP contribution in [0.15, 0.2) is 0 Å². The number of fused-ring (bicyclic) bond motifs is 1. The molecule has 3 unspecified atom stereocenters. The fraction of sp³-hybridized carbons (Fsp3) is 1.00. The van der Waals surface area contributed by atoms with E-state index in [1.165, 1.54) is 38.6 Å². The summed E-state index contributed by atoms with van der Waals surface area (Å²) in [5, 5.41) is 3.66. The van der Waals surface area contributed by atoms with Crippen LogP contribution in [-0.2, 0) is 0 Å². The van der Waals surface area contributed by atoms with Gasteiger partial charge in [-0.3, -0.25) is 0 Å². The summed E-state index contributed by atoms with van der Waals surface area (Å²) < 4.78 is 0. The minimum Gasteiger partial charge on any atom is -0.313 e. The van der Waals surface area contributed by atoms with Crippen molar-refractivity contribution in [1.29, 1.82) is 0 Å². The first-order chi connectivity index (χ1) is 5.92. The second kappa shape index (κ2) is 4.01. The lowest BCUT2D eigenvalue weighted by molar-refractivity contribution is 0.225. The van der Waals surface area contributed by atoms with E-state index < -0.39 is 0 Å². The number of thiol groups is 1. The van der Waals surface area contributed by atoms with E-state index >= 15 is 0 Å². The van der Waals surface area contributed by atoms with Crippen molar-refractivity contribution in [2.45, 2.75) is 38.1 Å². The molecule has 1 N–H and O–H groups in total. The molecule has 12 heavy (non-hydrogen) atoms. The van der Waals surface area contributed by atoms with Gasteiger partial charge in [0.05, 0.1) is 0 Å². The van der Waals surface area contributed by atoms with Crippen LogP contribution in [0.4, 0.5) is 0 Å². The predicted octanol–water partition coefficient (Wildman–Crippen LogP) is 2.08. The number of hydrogen-bond acceptors (Lipinski definition) is 2. The summed E-state index contributed by atoms with van der Waals surface area (Å²) >= 11 is 4.33. The highest BCUT2D eigenvalue weighted by molar-refractivity contribution is 7.80. The first-order valence-electron chi connectivity index (χ1n) is 5.26. The molecule has 0 amide bonds. The van der Waals surface area contributed by atoms with E-state index in [1.54, 1.807) is 0 Å². The molecule has 0 bridgehead atoms. The Morgan fingerprint density at radius 3 is 3.00 bits per heavy atom. The van der Waals surface area contributed by atoms with E-state index in [1.807, 2.05) is 0 Å². The third-order valence-electron chi connectivity index (χ3n) is 3.56. The molecule has 3 atom stereocenters. The van der Waals surface area contributed by atoms with Gasteiger partial charge in [0.2, 0.25) is 0 Å². The number of nitrogens with one attached hydrogen (secondary N) is 1. The summed E-state index contributed by atoms with van der Waals surface area (Å²) in [6.45, 7) is 1.26. The van der Waals surface area contributed by atoms with Gasteiger partial charge in [-0.2, -0.15) is 12.6 Å². The fourth-order valence-electron chi connectivity index (χ4n) is 2.97. The summed E-state index contributed by atoms with van der Waals surface area (Å²) in [4.78, 5) is 0. The Morgan fingerprint density at radius 2 is 2.17 bits per heavy atom. The minimum atomic E-state index is 0.853. The topological polar surface area (TPSA) is 12.0 Å². The van der Waals surface area contributed by atoms with E-state index in [4.69, 9.17) is 0 Å². The zero-order chi connectivity index (χ0) is 8.39. The Kier molecular flexibility index (Phi) is 2.97. The Labute approximate surface area is 80.7 Å². The van der Waals surface area contributed by atoms with Gasteiger partial charge in [0, 0.05) is 6.04 Å². The van der Waals surface area contributed by atoms with Gasteiger partial charge < -0.3 is 5.32 Å². The zero-order valence-electron chi connectivity index (χ0n) is 7.63. The van der Waals surface area contributed by atoms with Gasteiger partial charge in [-0.05, 0) is 49.8 Å². The maximum absolute atomic E-state index is 4.33. The lowest BCUT2D eigenvalue weighted by Crippen LogP contribution is -2.38. The van der Waals surface area contributed by atoms with Crippen LogP contribution in [-0.4, -0.2) is 18.3 Å². The molecule has 0 aromatic rings. The Bertz CT molecular complexity index is 147. The van der Waals surface area contributed by atoms with Crippen molar-refractivity contribution in [3.63, 3.8) is 0 Å². The SMILES string of the molecule is SCCC1CCCC2CCNC12. The molecule has 0 radical (unpaired) electrons. The average Bonchev–Trinajstić information content (AvgIpc) is 2.53. The van der Waals surface area contributed by atoms with Gasteiger partial charge in [0.25, 0.3) is 0 Å². The lowest BCUT2D eigenvalue weighted by Gasteiger charge is -2.33. The molecule has 1 aliphatic heterocycles. The highest BCUT2D eigenvalue weighted by Crippen LogP contribution is 2.36. The highest BCUT2D eigenvalue weighted by atomic mass is 32.1. The largest absolute Gasteiger partial charge is 0.313 e. The van der Waals surface area contributed by atoms with Gasteiger partial charge in [0.1, 0.15) is 0 Å². The smallest absolute Gasteiger partial charge is 0.0124 e. The molecule has 1 saturated carbocycles. The maximum atomic E-state index is 4.33. The van der Waals surface area contributed by atoms with Crippen LogP contribution in [0, 0.1) is 11.8 Å². The van der Waals surface area contributed by atoms with Gasteiger partial charge in [0.15, 0.2) is 0 Å². The molecule has 1 aliphatic carbocycles. The molecule has 2 rings (SSSR count). The molecular formula is C10H19NS. The molecular weight excluding hydrogens is 166 g/mol. The normalized spacial score (nSPS) is 41.2. The zero-order valence-corrected chi connectivity index (χ0v) is 8.52. The average molecular weight is 185 g/mol.